The molecule has 0 spiro atoms. The van der Waals surface area contributed by atoms with Crippen molar-refractivity contribution in [2.75, 3.05) is 24.7 Å². The molecular formula is C9H16O4S. The predicted molar refractivity (Wildman–Crippen MR) is 53.6 cm³/mol. The highest BCUT2D eigenvalue weighted by atomic mass is 32.2. The SMILES string of the molecule is CC(CS(=O)CC1CCOC1)C(=O)O. The van der Waals surface area contributed by atoms with Gasteiger partial charge in [-0.2, -0.15) is 0 Å². The normalized spacial score (nSPS) is 25.9. The first-order valence-corrected chi connectivity index (χ1v) is 6.24. The van der Waals surface area contributed by atoms with Gasteiger partial charge in [0.2, 0.25) is 0 Å². The van der Waals surface area contributed by atoms with Crippen LogP contribution in [-0.4, -0.2) is 40.0 Å². The van der Waals surface area contributed by atoms with Crippen molar-refractivity contribution in [1.82, 2.24) is 0 Å². The topological polar surface area (TPSA) is 63.6 Å². The summed E-state index contributed by atoms with van der Waals surface area (Å²) in [4.78, 5) is 10.5. The van der Waals surface area contributed by atoms with Crippen LogP contribution < -0.4 is 0 Å². The van der Waals surface area contributed by atoms with Crippen molar-refractivity contribution in [1.29, 1.82) is 0 Å². The fraction of sp³-hybridized carbons (Fsp3) is 0.889. The van der Waals surface area contributed by atoms with Gasteiger partial charge in [-0.25, -0.2) is 0 Å². The molecule has 0 aromatic carbocycles. The number of hydrogen-bond donors (Lipinski definition) is 1. The highest BCUT2D eigenvalue weighted by Crippen LogP contribution is 2.14. The second-order valence-electron chi connectivity index (χ2n) is 3.74. The summed E-state index contributed by atoms with van der Waals surface area (Å²) in [5.74, 6) is -0.195. The average Bonchev–Trinajstić information content (AvgIpc) is 2.56. The van der Waals surface area contributed by atoms with Gasteiger partial charge in [0, 0.05) is 28.9 Å². The first-order valence-electron chi connectivity index (χ1n) is 4.75. The molecule has 0 radical (unpaired) electrons. The lowest BCUT2D eigenvalue weighted by Crippen LogP contribution is -2.21. The zero-order valence-corrected chi connectivity index (χ0v) is 9.09. The van der Waals surface area contributed by atoms with Crippen molar-refractivity contribution in [3.05, 3.63) is 0 Å². The highest BCUT2D eigenvalue weighted by molar-refractivity contribution is 7.85. The summed E-state index contributed by atoms with van der Waals surface area (Å²) in [5, 5.41) is 8.63. The van der Waals surface area contributed by atoms with Gasteiger partial charge in [-0.3, -0.25) is 9.00 Å². The third kappa shape index (κ3) is 3.75. The van der Waals surface area contributed by atoms with Gasteiger partial charge in [-0.1, -0.05) is 6.92 Å². The number of rotatable bonds is 5. The van der Waals surface area contributed by atoms with E-state index in [9.17, 15) is 9.00 Å². The lowest BCUT2D eigenvalue weighted by Gasteiger charge is -2.09. The van der Waals surface area contributed by atoms with E-state index in [0.29, 0.717) is 18.3 Å². The molecule has 4 nitrogen and oxygen atoms in total. The number of hydrogen-bond acceptors (Lipinski definition) is 3. The molecule has 1 fully saturated rings. The van der Waals surface area contributed by atoms with Gasteiger partial charge in [0.1, 0.15) is 0 Å². The molecule has 1 rings (SSSR count). The molecule has 0 bridgehead atoms. The Bertz CT molecular complexity index is 223. The van der Waals surface area contributed by atoms with Crippen LogP contribution in [0.3, 0.4) is 0 Å². The third-order valence-electron chi connectivity index (χ3n) is 2.30. The summed E-state index contributed by atoms with van der Waals surface area (Å²) in [5.41, 5.74) is 0. The smallest absolute Gasteiger partial charge is 0.307 e. The number of carboxylic acid groups (broad SMARTS) is 1. The zero-order valence-electron chi connectivity index (χ0n) is 8.27. The predicted octanol–water partition coefficient (Wildman–Crippen LogP) is 0.492. The minimum absolute atomic E-state index is 0.256. The van der Waals surface area contributed by atoms with Gasteiger partial charge in [-0.05, 0) is 12.3 Å². The van der Waals surface area contributed by atoms with Crippen LogP contribution in [0.2, 0.25) is 0 Å². The van der Waals surface area contributed by atoms with E-state index in [2.05, 4.69) is 0 Å². The van der Waals surface area contributed by atoms with Crippen molar-refractivity contribution < 1.29 is 18.8 Å². The molecule has 1 N–H and O–H groups in total. The summed E-state index contributed by atoms with van der Waals surface area (Å²) >= 11 is 0. The van der Waals surface area contributed by atoms with Crippen molar-refractivity contribution >= 4 is 16.8 Å². The van der Waals surface area contributed by atoms with Gasteiger partial charge >= 0.3 is 5.97 Å². The maximum atomic E-state index is 11.5. The molecule has 1 heterocycles. The lowest BCUT2D eigenvalue weighted by atomic mass is 10.2. The fourth-order valence-electron chi connectivity index (χ4n) is 1.40. The summed E-state index contributed by atoms with van der Waals surface area (Å²) < 4.78 is 16.7. The molecule has 0 aromatic heterocycles. The lowest BCUT2D eigenvalue weighted by molar-refractivity contribution is -0.140. The molecular weight excluding hydrogens is 204 g/mol. The Morgan fingerprint density at radius 2 is 2.43 bits per heavy atom. The Labute approximate surface area is 86.1 Å². The molecule has 14 heavy (non-hydrogen) atoms. The first-order chi connectivity index (χ1) is 6.59. The van der Waals surface area contributed by atoms with Gasteiger partial charge < -0.3 is 9.84 Å². The molecule has 5 heteroatoms. The van der Waals surface area contributed by atoms with Crippen LogP contribution in [0.1, 0.15) is 13.3 Å². The van der Waals surface area contributed by atoms with Crippen molar-refractivity contribution in [3.63, 3.8) is 0 Å². The molecule has 1 aliphatic heterocycles. The van der Waals surface area contributed by atoms with E-state index in [1.165, 1.54) is 0 Å². The molecule has 3 atom stereocenters. The minimum Gasteiger partial charge on any atom is -0.481 e. The summed E-state index contributed by atoms with van der Waals surface area (Å²) in [6, 6.07) is 0. The summed E-state index contributed by atoms with van der Waals surface area (Å²) in [7, 11) is -1.02. The van der Waals surface area contributed by atoms with Crippen LogP contribution in [0.25, 0.3) is 0 Å². The van der Waals surface area contributed by atoms with Gasteiger partial charge in [0.25, 0.3) is 0 Å². The Hall–Kier alpha value is -0.420. The average molecular weight is 220 g/mol. The Balaban J connectivity index is 2.24. The monoisotopic (exact) mass is 220 g/mol. The van der Waals surface area contributed by atoms with E-state index in [1.807, 2.05) is 0 Å². The van der Waals surface area contributed by atoms with E-state index < -0.39 is 22.7 Å². The van der Waals surface area contributed by atoms with Crippen LogP contribution >= 0.6 is 0 Å². The standard InChI is InChI=1S/C9H16O4S/c1-7(9(10)11)5-14(12)6-8-2-3-13-4-8/h7-8H,2-6H2,1H3,(H,10,11). The quantitative estimate of drug-likeness (QED) is 0.732. The fourth-order valence-corrected chi connectivity index (χ4v) is 3.02. The van der Waals surface area contributed by atoms with Crippen LogP contribution in [0.15, 0.2) is 0 Å². The second-order valence-corrected chi connectivity index (χ2v) is 5.29. The number of carboxylic acids is 1. The van der Waals surface area contributed by atoms with Crippen molar-refractivity contribution in [3.8, 4) is 0 Å². The maximum Gasteiger partial charge on any atom is 0.307 e. The van der Waals surface area contributed by atoms with E-state index >= 15 is 0 Å². The first kappa shape index (κ1) is 11.7. The largest absolute Gasteiger partial charge is 0.481 e. The van der Waals surface area contributed by atoms with Crippen LogP contribution in [-0.2, 0) is 20.3 Å². The molecule has 0 aromatic rings. The van der Waals surface area contributed by atoms with E-state index in [1.54, 1.807) is 6.92 Å². The minimum atomic E-state index is -1.02. The van der Waals surface area contributed by atoms with E-state index in [4.69, 9.17) is 9.84 Å². The zero-order chi connectivity index (χ0) is 10.6. The molecule has 3 unspecified atom stereocenters. The number of aliphatic carboxylic acids is 1. The number of ether oxygens (including phenoxy) is 1. The van der Waals surface area contributed by atoms with Crippen LogP contribution in [0.4, 0.5) is 0 Å². The van der Waals surface area contributed by atoms with Crippen molar-refractivity contribution in [2.45, 2.75) is 13.3 Å². The summed E-state index contributed by atoms with van der Waals surface area (Å²) in [6.07, 6.45) is 0.952. The highest BCUT2D eigenvalue weighted by Gasteiger charge is 2.21. The Morgan fingerprint density at radius 1 is 1.71 bits per heavy atom. The van der Waals surface area contributed by atoms with Gasteiger partial charge in [0.15, 0.2) is 0 Å². The van der Waals surface area contributed by atoms with Gasteiger partial charge in [0.05, 0.1) is 12.5 Å². The molecule has 82 valence electrons. The summed E-state index contributed by atoms with van der Waals surface area (Å²) in [6.45, 7) is 3.01. The molecule has 1 saturated heterocycles. The van der Waals surface area contributed by atoms with Gasteiger partial charge in [-0.15, -0.1) is 0 Å². The molecule has 0 aliphatic carbocycles. The Kier molecular flexibility index (Phi) is 4.54. The molecule has 1 aliphatic rings. The Morgan fingerprint density at radius 3 is 2.93 bits per heavy atom. The van der Waals surface area contributed by atoms with Crippen molar-refractivity contribution in [2.24, 2.45) is 11.8 Å². The van der Waals surface area contributed by atoms with E-state index in [-0.39, 0.29) is 5.75 Å². The second kappa shape index (κ2) is 5.46. The molecule has 0 saturated carbocycles. The molecule has 0 amide bonds. The van der Waals surface area contributed by atoms with Crippen LogP contribution in [0, 0.1) is 11.8 Å². The maximum absolute atomic E-state index is 11.5. The number of carbonyl (C=O) groups is 1. The van der Waals surface area contributed by atoms with Crippen LogP contribution in [0.5, 0.6) is 0 Å². The van der Waals surface area contributed by atoms with E-state index in [0.717, 1.165) is 13.0 Å². The third-order valence-corrected chi connectivity index (χ3v) is 4.02.